The van der Waals surface area contributed by atoms with Gasteiger partial charge in [-0.05, 0) is 61.7 Å². The molecule has 0 spiro atoms. The molecule has 0 unspecified atom stereocenters. The molecule has 0 aromatic heterocycles. The van der Waals surface area contributed by atoms with E-state index in [-0.39, 0.29) is 11.8 Å². The lowest BCUT2D eigenvalue weighted by Crippen LogP contribution is -2.42. The van der Waals surface area contributed by atoms with Crippen LogP contribution in [-0.2, 0) is 21.4 Å². The maximum atomic E-state index is 12.9. The molecule has 6 nitrogen and oxygen atoms in total. The van der Waals surface area contributed by atoms with Crippen LogP contribution in [0.2, 0.25) is 0 Å². The first-order valence-electron chi connectivity index (χ1n) is 11.1. The van der Waals surface area contributed by atoms with E-state index in [1.807, 2.05) is 61.5 Å². The van der Waals surface area contributed by atoms with Gasteiger partial charge < -0.3 is 10.1 Å². The fourth-order valence-corrected chi connectivity index (χ4v) is 5.36. The summed E-state index contributed by atoms with van der Waals surface area (Å²) in [6.07, 6.45) is 1.02. The van der Waals surface area contributed by atoms with Gasteiger partial charge in [-0.25, -0.2) is 8.42 Å². The van der Waals surface area contributed by atoms with Crippen molar-refractivity contribution in [2.24, 2.45) is 5.92 Å². The van der Waals surface area contributed by atoms with Crippen molar-refractivity contribution in [2.75, 3.05) is 13.1 Å². The maximum absolute atomic E-state index is 12.9. The predicted octanol–water partition coefficient (Wildman–Crippen LogP) is 4.50. The number of nitrogens with one attached hydrogen (secondary N) is 1. The summed E-state index contributed by atoms with van der Waals surface area (Å²) in [6.45, 7) is 3.00. The van der Waals surface area contributed by atoms with E-state index in [0.717, 1.165) is 16.9 Å². The van der Waals surface area contributed by atoms with Gasteiger partial charge in [0, 0.05) is 25.6 Å². The highest BCUT2D eigenvalue weighted by Gasteiger charge is 2.31. The highest BCUT2D eigenvalue weighted by atomic mass is 32.2. The second-order valence-electron chi connectivity index (χ2n) is 8.27. The lowest BCUT2D eigenvalue weighted by Gasteiger charge is -2.30. The summed E-state index contributed by atoms with van der Waals surface area (Å²) in [4.78, 5) is 13.0. The van der Waals surface area contributed by atoms with Crippen LogP contribution in [0.25, 0.3) is 0 Å². The third kappa shape index (κ3) is 5.80. The Morgan fingerprint density at radius 3 is 2.30 bits per heavy atom. The Morgan fingerprint density at radius 1 is 0.939 bits per heavy atom. The Labute approximate surface area is 195 Å². The number of amides is 1. The topological polar surface area (TPSA) is 75.7 Å². The number of carbonyl (C=O) groups is 1. The predicted molar refractivity (Wildman–Crippen MR) is 127 cm³/mol. The van der Waals surface area contributed by atoms with Crippen molar-refractivity contribution in [3.63, 3.8) is 0 Å². The molecule has 4 rings (SSSR count). The zero-order valence-electron chi connectivity index (χ0n) is 18.6. The Hall–Kier alpha value is -3.16. The minimum Gasteiger partial charge on any atom is -0.457 e. The number of carbonyl (C=O) groups excluding carboxylic acids is 1. The fourth-order valence-electron chi connectivity index (χ4n) is 3.89. The molecule has 0 saturated carbocycles. The van der Waals surface area contributed by atoms with Gasteiger partial charge in [-0.3, -0.25) is 4.79 Å². The number of ether oxygens (including phenoxy) is 1. The van der Waals surface area contributed by atoms with Gasteiger partial charge in [0.1, 0.15) is 11.5 Å². The van der Waals surface area contributed by atoms with Crippen LogP contribution in [0.1, 0.15) is 24.0 Å². The van der Waals surface area contributed by atoms with E-state index in [1.165, 1.54) is 4.31 Å². The molecule has 0 aliphatic carbocycles. The van der Waals surface area contributed by atoms with E-state index in [0.29, 0.717) is 43.1 Å². The average molecular weight is 465 g/mol. The molecule has 1 fully saturated rings. The normalized spacial score (nSPS) is 15.2. The van der Waals surface area contributed by atoms with E-state index in [9.17, 15) is 13.2 Å². The quantitative estimate of drug-likeness (QED) is 0.558. The maximum Gasteiger partial charge on any atom is 0.243 e. The molecule has 7 heteroatoms. The molecule has 172 valence electrons. The molecule has 3 aromatic rings. The first kappa shape index (κ1) is 23.0. The number of nitrogens with zero attached hydrogens (tertiary/aromatic N) is 1. The van der Waals surface area contributed by atoms with Crippen LogP contribution in [0, 0.1) is 12.8 Å². The minimum absolute atomic E-state index is 0.0447. The van der Waals surface area contributed by atoms with Gasteiger partial charge in [0.15, 0.2) is 0 Å². The van der Waals surface area contributed by atoms with Crippen molar-refractivity contribution < 1.29 is 17.9 Å². The van der Waals surface area contributed by atoms with E-state index < -0.39 is 10.0 Å². The van der Waals surface area contributed by atoms with Crippen molar-refractivity contribution in [3.05, 3.63) is 90.0 Å². The molecule has 1 aliphatic heterocycles. The Morgan fingerprint density at radius 2 is 1.61 bits per heavy atom. The number of para-hydroxylation sites is 1. The zero-order valence-corrected chi connectivity index (χ0v) is 19.4. The summed E-state index contributed by atoms with van der Waals surface area (Å²) in [7, 11) is -3.53. The lowest BCUT2D eigenvalue weighted by atomic mass is 9.97. The van der Waals surface area contributed by atoms with Gasteiger partial charge in [-0.1, -0.05) is 48.0 Å². The number of hydrogen-bond donors (Lipinski definition) is 1. The van der Waals surface area contributed by atoms with Crippen molar-refractivity contribution in [2.45, 2.75) is 31.2 Å². The third-order valence-electron chi connectivity index (χ3n) is 5.83. The monoisotopic (exact) mass is 464 g/mol. The summed E-state index contributed by atoms with van der Waals surface area (Å²) < 4.78 is 33.1. The average Bonchev–Trinajstić information content (AvgIpc) is 2.84. The number of hydrogen-bond acceptors (Lipinski definition) is 4. The molecule has 1 aliphatic rings. The van der Waals surface area contributed by atoms with Crippen LogP contribution >= 0.6 is 0 Å². The van der Waals surface area contributed by atoms with E-state index >= 15 is 0 Å². The second kappa shape index (κ2) is 10.2. The largest absolute Gasteiger partial charge is 0.457 e. The van der Waals surface area contributed by atoms with Gasteiger partial charge in [0.25, 0.3) is 0 Å². The SMILES string of the molecule is Cc1ccc(S(=O)(=O)N2CCC(C(=O)NCc3cccc(Oc4ccccc4)c3)CC2)cc1. The van der Waals surface area contributed by atoms with Gasteiger partial charge in [-0.15, -0.1) is 0 Å². The van der Waals surface area contributed by atoms with Crippen LogP contribution in [-0.4, -0.2) is 31.7 Å². The summed E-state index contributed by atoms with van der Waals surface area (Å²) in [5.41, 5.74) is 1.96. The van der Waals surface area contributed by atoms with Crippen LogP contribution in [0.15, 0.2) is 83.8 Å². The molecule has 0 bridgehead atoms. The van der Waals surface area contributed by atoms with Crippen molar-refractivity contribution >= 4 is 15.9 Å². The van der Waals surface area contributed by atoms with Crippen LogP contribution in [0.4, 0.5) is 0 Å². The number of sulfonamides is 1. The summed E-state index contributed by atoms with van der Waals surface area (Å²) in [5.74, 6) is 1.23. The summed E-state index contributed by atoms with van der Waals surface area (Å²) >= 11 is 0. The lowest BCUT2D eigenvalue weighted by molar-refractivity contribution is -0.126. The number of benzene rings is 3. The molecule has 0 atom stereocenters. The fraction of sp³-hybridized carbons (Fsp3) is 0.269. The Bertz CT molecular complexity index is 1190. The smallest absolute Gasteiger partial charge is 0.243 e. The summed E-state index contributed by atoms with van der Waals surface area (Å²) in [5, 5.41) is 2.99. The van der Waals surface area contributed by atoms with Crippen LogP contribution in [0.5, 0.6) is 11.5 Å². The van der Waals surface area contributed by atoms with Crippen LogP contribution in [0.3, 0.4) is 0 Å². The number of rotatable bonds is 7. The molecule has 3 aromatic carbocycles. The van der Waals surface area contributed by atoms with Crippen molar-refractivity contribution in [1.82, 2.24) is 9.62 Å². The molecule has 1 heterocycles. The highest BCUT2D eigenvalue weighted by molar-refractivity contribution is 7.89. The molecule has 1 saturated heterocycles. The standard InChI is InChI=1S/C26H28N2O4S/c1-20-10-12-25(13-11-20)33(30,31)28-16-14-22(15-17-28)26(29)27-19-21-6-5-9-24(18-21)32-23-7-3-2-4-8-23/h2-13,18,22H,14-17,19H2,1H3,(H,27,29). The number of piperidine rings is 1. The molecule has 1 amide bonds. The summed E-state index contributed by atoms with van der Waals surface area (Å²) in [6, 6.07) is 24.0. The first-order chi connectivity index (χ1) is 15.9. The number of aryl methyl sites for hydroxylation is 1. The van der Waals surface area contributed by atoms with Gasteiger partial charge in [-0.2, -0.15) is 4.31 Å². The first-order valence-corrected chi connectivity index (χ1v) is 12.5. The van der Waals surface area contributed by atoms with E-state index in [4.69, 9.17) is 4.74 Å². The third-order valence-corrected chi connectivity index (χ3v) is 7.74. The van der Waals surface area contributed by atoms with Gasteiger partial charge in [0.2, 0.25) is 15.9 Å². The molecular formula is C26H28N2O4S. The van der Waals surface area contributed by atoms with Crippen molar-refractivity contribution in [3.8, 4) is 11.5 Å². The van der Waals surface area contributed by atoms with Gasteiger partial charge in [0.05, 0.1) is 4.90 Å². The Kier molecular flexibility index (Phi) is 7.11. The van der Waals surface area contributed by atoms with E-state index in [1.54, 1.807) is 24.3 Å². The Balaban J connectivity index is 1.29. The molecular weight excluding hydrogens is 436 g/mol. The molecule has 33 heavy (non-hydrogen) atoms. The van der Waals surface area contributed by atoms with E-state index in [2.05, 4.69) is 5.32 Å². The highest BCUT2D eigenvalue weighted by Crippen LogP contribution is 2.25. The molecule has 0 radical (unpaired) electrons. The van der Waals surface area contributed by atoms with Gasteiger partial charge >= 0.3 is 0 Å². The molecule has 1 N–H and O–H groups in total. The zero-order chi connectivity index (χ0) is 23.3. The minimum atomic E-state index is -3.53. The van der Waals surface area contributed by atoms with Crippen LogP contribution < -0.4 is 10.1 Å². The van der Waals surface area contributed by atoms with Crippen molar-refractivity contribution in [1.29, 1.82) is 0 Å². The second-order valence-corrected chi connectivity index (χ2v) is 10.2.